The highest BCUT2D eigenvalue weighted by atomic mass is 16.4. The van der Waals surface area contributed by atoms with E-state index in [1.165, 1.54) is 6.42 Å². The highest BCUT2D eigenvalue weighted by Crippen LogP contribution is 2.28. The second-order valence-electron chi connectivity index (χ2n) is 4.47. The molecule has 0 radical (unpaired) electrons. The molecule has 0 bridgehead atoms. The van der Waals surface area contributed by atoms with Crippen molar-refractivity contribution < 1.29 is 9.90 Å². The quantitative estimate of drug-likeness (QED) is 0.756. The predicted octanol–water partition coefficient (Wildman–Crippen LogP) is 2.11. The largest absolute Gasteiger partial charge is 0.480 e. The Morgan fingerprint density at radius 1 is 1.57 bits per heavy atom. The Hall–Kier alpha value is -0.570. The third-order valence-electron chi connectivity index (χ3n) is 3.59. The maximum atomic E-state index is 11.3. The van der Waals surface area contributed by atoms with Gasteiger partial charge in [-0.3, -0.25) is 9.69 Å². The van der Waals surface area contributed by atoms with Crippen LogP contribution in [-0.2, 0) is 4.79 Å². The normalized spacial score (nSPS) is 28.4. The van der Waals surface area contributed by atoms with Gasteiger partial charge in [-0.1, -0.05) is 13.3 Å². The minimum atomic E-state index is -0.686. The first-order valence-corrected chi connectivity index (χ1v) is 5.52. The molecule has 82 valence electrons. The molecule has 0 amide bonds. The number of aliphatic carboxylic acids is 1. The SMILES string of the molecule is CC[C@@](C)(C(=O)O)N1CCCC[C@@H]1C. The van der Waals surface area contributed by atoms with Gasteiger partial charge in [0, 0.05) is 6.04 Å². The lowest BCUT2D eigenvalue weighted by Crippen LogP contribution is -2.57. The number of hydrogen-bond acceptors (Lipinski definition) is 2. The number of likely N-dealkylation sites (tertiary alicyclic amines) is 1. The molecule has 2 atom stereocenters. The van der Waals surface area contributed by atoms with Gasteiger partial charge < -0.3 is 5.11 Å². The van der Waals surface area contributed by atoms with E-state index in [-0.39, 0.29) is 0 Å². The van der Waals surface area contributed by atoms with Gasteiger partial charge in [0.2, 0.25) is 0 Å². The first-order valence-electron chi connectivity index (χ1n) is 5.52. The van der Waals surface area contributed by atoms with Crippen LogP contribution in [0.3, 0.4) is 0 Å². The predicted molar refractivity (Wildman–Crippen MR) is 56.4 cm³/mol. The molecule has 1 aliphatic rings. The number of carboxylic acid groups (broad SMARTS) is 1. The van der Waals surface area contributed by atoms with Crippen LogP contribution < -0.4 is 0 Å². The smallest absolute Gasteiger partial charge is 0.323 e. The zero-order valence-electron chi connectivity index (χ0n) is 9.42. The van der Waals surface area contributed by atoms with E-state index >= 15 is 0 Å². The van der Waals surface area contributed by atoms with Crippen LogP contribution in [0.2, 0.25) is 0 Å². The van der Waals surface area contributed by atoms with Gasteiger partial charge in [0.15, 0.2) is 0 Å². The second kappa shape index (κ2) is 4.30. The van der Waals surface area contributed by atoms with Crippen molar-refractivity contribution in [2.24, 2.45) is 0 Å². The molecule has 1 saturated heterocycles. The molecule has 3 heteroatoms. The molecule has 0 unspecified atom stereocenters. The molecule has 0 aromatic heterocycles. The van der Waals surface area contributed by atoms with Gasteiger partial charge in [-0.15, -0.1) is 0 Å². The third kappa shape index (κ3) is 1.92. The second-order valence-corrected chi connectivity index (χ2v) is 4.47. The van der Waals surface area contributed by atoms with Gasteiger partial charge in [-0.25, -0.2) is 0 Å². The molecule has 0 aromatic carbocycles. The zero-order chi connectivity index (χ0) is 10.8. The number of hydrogen-bond donors (Lipinski definition) is 1. The molecule has 1 heterocycles. The molecule has 0 saturated carbocycles. The summed E-state index contributed by atoms with van der Waals surface area (Å²) in [7, 11) is 0. The summed E-state index contributed by atoms with van der Waals surface area (Å²) in [6, 6.07) is 0.407. The minimum Gasteiger partial charge on any atom is -0.480 e. The van der Waals surface area contributed by atoms with E-state index in [9.17, 15) is 9.90 Å². The molecular formula is C11H21NO2. The van der Waals surface area contributed by atoms with Crippen LogP contribution in [0.4, 0.5) is 0 Å². The van der Waals surface area contributed by atoms with Crippen LogP contribution in [0, 0.1) is 0 Å². The van der Waals surface area contributed by atoms with Crippen molar-refractivity contribution in [3.63, 3.8) is 0 Å². The van der Waals surface area contributed by atoms with E-state index in [0.29, 0.717) is 12.5 Å². The number of carboxylic acids is 1. The third-order valence-corrected chi connectivity index (χ3v) is 3.59. The van der Waals surface area contributed by atoms with Crippen LogP contribution in [0.5, 0.6) is 0 Å². The van der Waals surface area contributed by atoms with E-state index in [1.54, 1.807) is 0 Å². The van der Waals surface area contributed by atoms with E-state index in [0.717, 1.165) is 19.4 Å². The van der Waals surface area contributed by atoms with Crippen molar-refractivity contribution in [2.75, 3.05) is 6.54 Å². The summed E-state index contributed by atoms with van der Waals surface area (Å²) in [5, 5.41) is 9.26. The molecule has 14 heavy (non-hydrogen) atoms. The van der Waals surface area contributed by atoms with Crippen molar-refractivity contribution in [2.45, 2.75) is 58.0 Å². The molecule has 1 aliphatic heterocycles. The summed E-state index contributed by atoms with van der Waals surface area (Å²) >= 11 is 0. The van der Waals surface area contributed by atoms with Crippen LogP contribution in [-0.4, -0.2) is 34.1 Å². The van der Waals surface area contributed by atoms with Crippen LogP contribution >= 0.6 is 0 Å². The summed E-state index contributed by atoms with van der Waals surface area (Å²) in [6.45, 7) is 6.86. The first kappa shape index (κ1) is 11.5. The van der Waals surface area contributed by atoms with Crippen molar-refractivity contribution in [3.05, 3.63) is 0 Å². The Labute approximate surface area is 86.1 Å². The number of carbonyl (C=O) groups is 1. The van der Waals surface area contributed by atoms with Crippen molar-refractivity contribution >= 4 is 5.97 Å². The fourth-order valence-electron chi connectivity index (χ4n) is 2.31. The Morgan fingerprint density at radius 2 is 2.21 bits per heavy atom. The lowest BCUT2D eigenvalue weighted by Gasteiger charge is -2.44. The van der Waals surface area contributed by atoms with Crippen LogP contribution in [0.25, 0.3) is 0 Å². The molecule has 0 spiro atoms. The Bertz CT molecular complexity index is 217. The van der Waals surface area contributed by atoms with Gasteiger partial charge in [-0.2, -0.15) is 0 Å². The first-order chi connectivity index (χ1) is 6.52. The van der Waals surface area contributed by atoms with Crippen molar-refractivity contribution in [1.82, 2.24) is 4.90 Å². The lowest BCUT2D eigenvalue weighted by molar-refractivity contribution is -0.153. The highest BCUT2D eigenvalue weighted by Gasteiger charge is 2.40. The summed E-state index contributed by atoms with van der Waals surface area (Å²) in [5.74, 6) is -0.686. The molecule has 1 rings (SSSR count). The topological polar surface area (TPSA) is 40.5 Å². The minimum absolute atomic E-state index is 0.407. The fraction of sp³-hybridized carbons (Fsp3) is 0.909. The molecular weight excluding hydrogens is 178 g/mol. The van der Waals surface area contributed by atoms with E-state index in [4.69, 9.17) is 0 Å². The van der Waals surface area contributed by atoms with Gasteiger partial charge in [0.1, 0.15) is 5.54 Å². The van der Waals surface area contributed by atoms with Crippen molar-refractivity contribution in [1.29, 1.82) is 0 Å². The molecule has 1 fully saturated rings. The number of rotatable bonds is 3. The van der Waals surface area contributed by atoms with E-state index in [2.05, 4.69) is 11.8 Å². The lowest BCUT2D eigenvalue weighted by atomic mass is 9.90. The van der Waals surface area contributed by atoms with Crippen molar-refractivity contribution in [3.8, 4) is 0 Å². The summed E-state index contributed by atoms with van der Waals surface area (Å²) in [4.78, 5) is 13.4. The average Bonchev–Trinajstić information content (AvgIpc) is 2.17. The molecule has 1 N–H and O–H groups in total. The highest BCUT2D eigenvalue weighted by molar-refractivity contribution is 5.78. The molecule has 3 nitrogen and oxygen atoms in total. The Morgan fingerprint density at radius 3 is 2.64 bits per heavy atom. The van der Waals surface area contributed by atoms with Crippen LogP contribution in [0.15, 0.2) is 0 Å². The standard InChI is InChI=1S/C11H21NO2/c1-4-11(3,10(13)14)12-8-6-5-7-9(12)2/h9H,4-8H2,1-3H3,(H,13,14)/t9-,11-/m0/s1. The number of piperidine rings is 1. The Balaban J connectivity index is 2.81. The fourth-order valence-corrected chi connectivity index (χ4v) is 2.31. The monoisotopic (exact) mass is 199 g/mol. The van der Waals surface area contributed by atoms with Gasteiger partial charge in [-0.05, 0) is 39.7 Å². The van der Waals surface area contributed by atoms with Gasteiger partial charge in [0.25, 0.3) is 0 Å². The van der Waals surface area contributed by atoms with Gasteiger partial charge >= 0.3 is 5.97 Å². The van der Waals surface area contributed by atoms with E-state index in [1.807, 2.05) is 13.8 Å². The van der Waals surface area contributed by atoms with Crippen LogP contribution in [0.1, 0.15) is 46.5 Å². The zero-order valence-corrected chi connectivity index (χ0v) is 9.42. The number of nitrogens with zero attached hydrogens (tertiary/aromatic N) is 1. The summed E-state index contributed by atoms with van der Waals surface area (Å²) in [5.41, 5.74) is -0.667. The summed E-state index contributed by atoms with van der Waals surface area (Å²) in [6.07, 6.45) is 4.17. The summed E-state index contributed by atoms with van der Waals surface area (Å²) < 4.78 is 0. The molecule has 0 aromatic rings. The van der Waals surface area contributed by atoms with Gasteiger partial charge in [0.05, 0.1) is 0 Å². The van der Waals surface area contributed by atoms with E-state index < -0.39 is 11.5 Å². The maximum absolute atomic E-state index is 11.3. The maximum Gasteiger partial charge on any atom is 0.323 e. The Kier molecular flexibility index (Phi) is 3.53. The molecule has 0 aliphatic carbocycles. The average molecular weight is 199 g/mol.